The number of benzene rings is 4. The highest BCUT2D eigenvalue weighted by molar-refractivity contribution is 5.73. The normalized spacial score (nSPS) is 32.2. The molecule has 7 rings (SSSR count). The Morgan fingerprint density at radius 3 is 1.61 bits per heavy atom. The van der Waals surface area contributed by atoms with Crippen molar-refractivity contribution in [1.82, 2.24) is 0 Å². The summed E-state index contributed by atoms with van der Waals surface area (Å²) in [7, 11) is 0. The maximum atomic E-state index is 11.4. The molecule has 286 valence electrons. The summed E-state index contributed by atoms with van der Waals surface area (Å²) in [6.07, 6.45) is -10.9. The average molecular weight is 747 g/mol. The molecule has 14 nitrogen and oxygen atoms in total. The van der Waals surface area contributed by atoms with Crippen LogP contribution in [-0.2, 0) is 9.47 Å². The van der Waals surface area contributed by atoms with E-state index in [0.29, 0.717) is 28.4 Å². The van der Waals surface area contributed by atoms with Crippen LogP contribution >= 0.6 is 0 Å². The lowest BCUT2D eigenvalue weighted by atomic mass is 9.84. The summed E-state index contributed by atoms with van der Waals surface area (Å²) in [6.45, 7) is -1.14. The fraction of sp³-hybridized carbons (Fsp3) is 0.350. The third kappa shape index (κ3) is 7.54. The SMILES string of the molecule is OC[C@H]1O[C@@H](Oc2ccc(/C=C/c3cc(O)c4c(c3)O[C@H](c3ccc(O[C@@H]5O[C@H](CO)[C@@H](O)[C@H](O)[C@H]5O)cc3)[C@H]4c3ccccc3)cc2)[C@H](O)[C@@H](O)[C@@H]1O. The number of hydrogen-bond donors (Lipinski definition) is 9. The minimum absolute atomic E-state index is 0.0503. The molecule has 0 saturated carbocycles. The van der Waals surface area contributed by atoms with E-state index in [4.69, 9.17) is 23.7 Å². The second-order valence-corrected chi connectivity index (χ2v) is 13.5. The Labute approximate surface area is 309 Å². The first-order chi connectivity index (χ1) is 26.1. The van der Waals surface area contributed by atoms with Crippen molar-refractivity contribution in [1.29, 1.82) is 0 Å². The van der Waals surface area contributed by atoms with Crippen LogP contribution in [0.2, 0.25) is 0 Å². The lowest BCUT2D eigenvalue weighted by Crippen LogP contribution is -2.60. The van der Waals surface area contributed by atoms with Gasteiger partial charge in [0.25, 0.3) is 0 Å². The largest absolute Gasteiger partial charge is 0.507 e. The van der Waals surface area contributed by atoms with E-state index in [1.54, 1.807) is 54.6 Å². The van der Waals surface area contributed by atoms with Gasteiger partial charge in [0, 0.05) is 5.56 Å². The third-order valence-electron chi connectivity index (χ3n) is 9.93. The van der Waals surface area contributed by atoms with Gasteiger partial charge >= 0.3 is 0 Å². The Balaban J connectivity index is 1.07. The van der Waals surface area contributed by atoms with E-state index in [-0.39, 0.29) is 11.7 Å². The monoisotopic (exact) mass is 746 g/mol. The van der Waals surface area contributed by atoms with Gasteiger partial charge in [0.15, 0.2) is 0 Å². The number of phenols is 1. The van der Waals surface area contributed by atoms with Gasteiger partial charge in [0.2, 0.25) is 12.6 Å². The zero-order chi connectivity index (χ0) is 38.1. The first-order valence-electron chi connectivity index (χ1n) is 17.5. The van der Waals surface area contributed by atoms with Crippen LogP contribution in [-0.4, -0.2) is 121 Å². The van der Waals surface area contributed by atoms with E-state index in [1.165, 1.54) is 0 Å². The average Bonchev–Trinajstić information content (AvgIpc) is 3.59. The predicted octanol–water partition coefficient (Wildman–Crippen LogP) is 1.19. The molecule has 2 saturated heterocycles. The number of rotatable bonds is 10. The molecule has 9 N–H and O–H groups in total. The van der Waals surface area contributed by atoms with Crippen molar-refractivity contribution in [3.63, 3.8) is 0 Å². The fourth-order valence-electron chi connectivity index (χ4n) is 6.94. The van der Waals surface area contributed by atoms with Crippen molar-refractivity contribution in [2.45, 2.75) is 73.4 Å². The summed E-state index contributed by atoms with van der Waals surface area (Å²) in [6, 6.07) is 26.8. The molecule has 2 fully saturated rings. The first kappa shape index (κ1) is 37.7. The number of hydrogen-bond acceptors (Lipinski definition) is 14. The number of ether oxygens (including phenoxy) is 5. The molecule has 54 heavy (non-hydrogen) atoms. The van der Waals surface area contributed by atoms with Crippen molar-refractivity contribution in [2.24, 2.45) is 0 Å². The van der Waals surface area contributed by atoms with Gasteiger partial charge in [-0.05, 0) is 58.7 Å². The molecule has 3 aliphatic rings. The van der Waals surface area contributed by atoms with Crippen LogP contribution < -0.4 is 14.2 Å². The molecule has 0 radical (unpaired) electrons. The highest BCUT2D eigenvalue weighted by Gasteiger charge is 2.46. The van der Waals surface area contributed by atoms with Crippen LogP contribution in [0.1, 0.15) is 39.8 Å². The Morgan fingerprint density at radius 2 is 1.07 bits per heavy atom. The molecule has 0 aromatic heterocycles. The van der Waals surface area contributed by atoms with Crippen molar-refractivity contribution < 1.29 is 69.6 Å². The van der Waals surface area contributed by atoms with Gasteiger partial charge in [-0.15, -0.1) is 0 Å². The molecule has 0 aliphatic carbocycles. The summed E-state index contributed by atoms with van der Waals surface area (Å²) in [5.41, 5.74) is 3.77. The molecular formula is C40H42O14. The van der Waals surface area contributed by atoms with Crippen molar-refractivity contribution in [3.05, 3.63) is 119 Å². The molecule has 3 heterocycles. The van der Waals surface area contributed by atoms with Crippen LogP contribution in [0.3, 0.4) is 0 Å². The second-order valence-electron chi connectivity index (χ2n) is 13.5. The molecule has 4 aromatic carbocycles. The topological polar surface area (TPSA) is 228 Å². The molecule has 12 atom stereocenters. The van der Waals surface area contributed by atoms with E-state index in [1.807, 2.05) is 48.6 Å². The van der Waals surface area contributed by atoms with Crippen molar-refractivity contribution in [2.75, 3.05) is 13.2 Å². The van der Waals surface area contributed by atoms with Gasteiger partial charge < -0.3 is 69.6 Å². The Kier molecular flexibility index (Phi) is 11.2. The lowest BCUT2D eigenvalue weighted by molar-refractivity contribution is -0.277. The summed E-state index contributed by atoms with van der Waals surface area (Å²) in [4.78, 5) is 0. The van der Waals surface area contributed by atoms with Crippen LogP contribution in [0.15, 0.2) is 91.0 Å². The van der Waals surface area contributed by atoms with E-state index in [2.05, 4.69) is 0 Å². The molecule has 3 aliphatic heterocycles. The maximum absolute atomic E-state index is 11.4. The number of fused-ring (bicyclic) bond motifs is 1. The number of aromatic hydroxyl groups is 1. The van der Waals surface area contributed by atoms with Crippen molar-refractivity contribution in [3.8, 4) is 23.0 Å². The summed E-state index contributed by atoms with van der Waals surface area (Å²) in [5.74, 6) is 0.811. The molecule has 0 unspecified atom stereocenters. The zero-order valence-electron chi connectivity index (χ0n) is 28.7. The fourth-order valence-corrected chi connectivity index (χ4v) is 6.94. The Morgan fingerprint density at radius 1 is 0.556 bits per heavy atom. The summed E-state index contributed by atoms with van der Waals surface area (Å²) < 4.78 is 28.9. The van der Waals surface area contributed by atoms with Gasteiger partial charge in [0.05, 0.1) is 19.1 Å². The van der Waals surface area contributed by atoms with Gasteiger partial charge in [-0.25, -0.2) is 0 Å². The second kappa shape index (κ2) is 16.0. The highest BCUT2D eigenvalue weighted by Crippen LogP contribution is 2.53. The molecule has 0 amide bonds. The summed E-state index contributed by atoms with van der Waals surface area (Å²) >= 11 is 0. The molecular weight excluding hydrogens is 704 g/mol. The molecule has 14 heteroatoms. The minimum Gasteiger partial charge on any atom is -0.507 e. The molecule has 0 spiro atoms. The number of aliphatic hydroxyl groups excluding tert-OH is 8. The van der Waals surface area contributed by atoms with Gasteiger partial charge in [0.1, 0.15) is 77.9 Å². The van der Waals surface area contributed by atoms with Gasteiger partial charge in [-0.1, -0.05) is 66.7 Å². The standard InChI is InChI=1S/C40H42O14/c41-18-28-32(44)34(46)36(48)39(53-28)50-24-12-8-20(9-13-24)6-7-21-16-26(43)31-27(17-21)52-38(30(31)22-4-2-1-3-5-22)23-10-14-25(15-11-23)51-40-37(49)35(47)33(45)29(19-42)54-40/h1-17,28-30,32-49H,18-19H2/b7-6+/t28-,29-,30+,32-,33-,34+,35+,36-,37-,38-,39-,40-/m1/s1. The number of phenolic OH excluding ortho intramolecular Hbond substituents is 1. The Hall–Kier alpha value is -4.58. The molecule has 0 bridgehead atoms. The van der Waals surface area contributed by atoms with E-state index in [9.17, 15) is 46.0 Å². The van der Waals surface area contributed by atoms with E-state index < -0.39 is 80.7 Å². The predicted molar refractivity (Wildman–Crippen MR) is 190 cm³/mol. The third-order valence-corrected chi connectivity index (χ3v) is 9.93. The van der Waals surface area contributed by atoms with E-state index in [0.717, 1.165) is 16.7 Å². The van der Waals surface area contributed by atoms with Crippen molar-refractivity contribution >= 4 is 12.2 Å². The maximum Gasteiger partial charge on any atom is 0.229 e. The van der Waals surface area contributed by atoms with Crippen LogP contribution in [0.5, 0.6) is 23.0 Å². The van der Waals surface area contributed by atoms with Gasteiger partial charge in [-0.3, -0.25) is 0 Å². The van der Waals surface area contributed by atoms with Gasteiger partial charge in [-0.2, -0.15) is 0 Å². The van der Waals surface area contributed by atoms with E-state index >= 15 is 0 Å². The van der Waals surface area contributed by atoms with Crippen LogP contribution in [0.25, 0.3) is 12.2 Å². The minimum atomic E-state index is -1.57. The van der Waals surface area contributed by atoms with Crippen LogP contribution in [0, 0.1) is 0 Å². The van der Waals surface area contributed by atoms with Crippen LogP contribution in [0.4, 0.5) is 0 Å². The quantitative estimate of drug-likeness (QED) is 0.104. The molecule has 4 aromatic rings. The highest BCUT2D eigenvalue weighted by atomic mass is 16.7. The lowest BCUT2D eigenvalue weighted by Gasteiger charge is -2.39. The first-order valence-corrected chi connectivity index (χ1v) is 17.5. The Bertz CT molecular complexity index is 1880. The smallest absolute Gasteiger partial charge is 0.229 e. The summed E-state index contributed by atoms with van der Waals surface area (Å²) in [5, 5.41) is 91.3. The zero-order valence-corrected chi connectivity index (χ0v) is 28.7. The number of aliphatic hydroxyl groups is 8.